The monoisotopic (exact) mass is 357 g/mol. The zero-order valence-corrected chi connectivity index (χ0v) is 15.0. The third-order valence-electron chi connectivity index (χ3n) is 3.44. The normalized spacial score (nSPS) is 11.8. The molecule has 1 atom stereocenters. The number of ether oxygens (including phenoxy) is 2. The Balaban J connectivity index is 1.94. The van der Waals surface area contributed by atoms with Crippen LogP contribution < -0.4 is 20.1 Å². The second-order valence-corrected chi connectivity index (χ2v) is 5.60. The number of benzene rings is 1. The topological polar surface area (TPSA) is 92.7 Å². The van der Waals surface area contributed by atoms with Crippen LogP contribution in [0.25, 0.3) is 6.08 Å². The van der Waals surface area contributed by atoms with Gasteiger partial charge in [0.25, 0.3) is 0 Å². The first-order chi connectivity index (χ1) is 12.5. The summed E-state index contributed by atoms with van der Waals surface area (Å²) in [6, 6.07) is 8.86. The fraction of sp³-hybridized carbons (Fsp3) is 0.263. The van der Waals surface area contributed by atoms with Crippen molar-refractivity contribution in [2.24, 2.45) is 0 Å². The number of hydrogen-bond acceptors (Lipinski definition) is 6. The third-order valence-corrected chi connectivity index (χ3v) is 3.44. The molecule has 0 saturated carbocycles. The van der Waals surface area contributed by atoms with Crippen molar-refractivity contribution in [3.8, 4) is 11.5 Å². The molecule has 7 heteroatoms. The number of carbonyl (C=O) groups excluding carboxylic acids is 1. The second kappa shape index (κ2) is 9.43. The highest BCUT2D eigenvalue weighted by molar-refractivity contribution is 6.01. The molecular formula is C19H23N3O4. The van der Waals surface area contributed by atoms with Gasteiger partial charge >= 0.3 is 0 Å². The lowest BCUT2D eigenvalue weighted by molar-refractivity contribution is -0.111. The number of amides is 1. The Morgan fingerprint density at radius 2 is 2.00 bits per heavy atom. The van der Waals surface area contributed by atoms with Crippen molar-refractivity contribution in [2.75, 3.05) is 31.4 Å². The smallest absolute Gasteiger partial charge is 0.248 e. The van der Waals surface area contributed by atoms with Crippen molar-refractivity contribution in [1.29, 1.82) is 0 Å². The SMILES string of the molecule is COc1ccc(/C=C/C(=O)Nc2ccc(NCC(C)O)nc2)cc1OC. The summed E-state index contributed by atoms with van der Waals surface area (Å²) >= 11 is 0. The Labute approximate surface area is 152 Å². The molecule has 0 radical (unpaired) electrons. The van der Waals surface area contributed by atoms with E-state index in [0.717, 1.165) is 5.56 Å². The molecule has 26 heavy (non-hydrogen) atoms. The van der Waals surface area contributed by atoms with E-state index in [4.69, 9.17) is 9.47 Å². The number of carbonyl (C=O) groups is 1. The minimum absolute atomic E-state index is 0.272. The van der Waals surface area contributed by atoms with Crippen LogP contribution in [0.1, 0.15) is 12.5 Å². The van der Waals surface area contributed by atoms with Gasteiger partial charge in [-0.1, -0.05) is 6.07 Å². The molecule has 1 unspecified atom stereocenters. The highest BCUT2D eigenvalue weighted by Gasteiger charge is 2.04. The summed E-state index contributed by atoms with van der Waals surface area (Å²) in [7, 11) is 3.13. The van der Waals surface area contributed by atoms with Gasteiger partial charge in [-0.3, -0.25) is 4.79 Å². The Morgan fingerprint density at radius 3 is 2.62 bits per heavy atom. The van der Waals surface area contributed by atoms with Crippen LogP contribution in [0.4, 0.5) is 11.5 Å². The number of methoxy groups -OCH3 is 2. The van der Waals surface area contributed by atoms with Crippen LogP contribution in [0.15, 0.2) is 42.6 Å². The first-order valence-electron chi connectivity index (χ1n) is 8.11. The van der Waals surface area contributed by atoms with E-state index in [-0.39, 0.29) is 5.91 Å². The van der Waals surface area contributed by atoms with Crippen LogP contribution in [0.2, 0.25) is 0 Å². The first kappa shape index (κ1) is 19.3. The molecule has 0 bridgehead atoms. The first-order valence-corrected chi connectivity index (χ1v) is 8.11. The van der Waals surface area contributed by atoms with Crippen molar-refractivity contribution in [3.63, 3.8) is 0 Å². The van der Waals surface area contributed by atoms with Gasteiger partial charge in [0.15, 0.2) is 11.5 Å². The lowest BCUT2D eigenvalue weighted by Gasteiger charge is -2.08. The Bertz CT molecular complexity index is 758. The van der Waals surface area contributed by atoms with Crippen LogP contribution in [0.5, 0.6) is 11.5 Å². The van der Waals surface area contributed by atoms with E-state index in [1.54, 1.807) is 57.7 Å². The van der Waals surface area contributed by atoms with Gasteiger partial charge in [-0.05, 0) is 42.8 Å². The van der Waals surface area contributed by atoms with E-state index in [1.165, 1.54) is 6.08 Å². The maximum Gasteiger partial charge on any atom is 0.248 e. The molecule has 0 spiro atoms. The van der Waals surface area contributed by atoms with Gasteiger partial charge in [0.05, 0.1) is 32.2 Å². The van der Waals surface area contributed by atoms with Gasteiger partial charge in [-0.2, -0.15) is 0 Å². The molecule has 0 fully saturated rings. The molecule has 0 saturated heterocycles. The van der Waals surface area contributed by atoms with Crippen molar-refractivity contribution in [3.05, 3.63) is 48.2 Å². The molecule has 2 rings (SSSR count). The van der Waals surface area contributed by atoms with E-state index in [1.807, 2.05) is 6.07 Å². The van der Waals surface area contributed by atoms with Crippen molar-refractivity contribution < 1.29 is 19.4 Å². The van der Waals surface area contributed by atoms with E-state index in [9.17, 15) is 9.90 Å². The molecule has 3 N–H and O–H groups in total. The number of aromatic nitrogens is 1. The standard InChI is InChI=1S/C19H23N3O4/c1-13(23)11-20-18-8-6-15(12-21-18)22-19(24)9-5-14-4-7-16(25-2)17(10-14)26-3/h4-10,12-13,23H,11H2,1-3H3,(H,20,21)(H,22,24)/b9-5+. The summed E-state index contributed by atoms with van der Waals surface area (Å²) in [5.74, 6) is 1.58. The van der Waals surface area contributed by atoms with Gasteiger partial charge in [0, 0.05) is 12.6 Å². The van der Waals surface area contributed by atoms with Crippen molar-refractivity contribution in [1.82, 2.24) is 4.98 Å². The summed E-state index contributed by atoms with van der Waals surface area (Å²) in [5, 5.41) is 14.9. The van der Waals surface area contributed by atoms with Crippen molar-refractivity contribution in [2.45, 2.75) is 13.0 Å². The molecular weight excluding hydrogens is 334 g/mol. The number of nitrogens with one attached hydrogen (secondary N) is 2. The van der Waals surface area contributed by atoms with E-state index >= 15 is 0 Å². The Morgan fingerprint density at radius 1 is 1.23 bits per heavy atom. The number of aliphatic hydroxyl groups is 1. The molecule has 2 aromatic rings. The molecule has 1 amide bonds. The fourth-order valence-corrected chi connectivity index (χ4v) is 2.14. The summed E-state index contributed by atoms with van der Waals surface area (Å²) < 4.78 is 10.4. The Kier molecular flexibility index (Phi) is 6.99. The molecule has 1 aromatic heterocycles. The zero-order chi connectivity index (χ0) is 18.9. The van der Waals surface area contributed by atoms with Gasteiger partial charge in [0.1, 0.15) is 5.82 Å². The van der Waals surface area contributed by atoms with Crippen LogP contribution >= 0.6 is 0 Å². The number of pyridine rings is 1. The lowest BCUT2D eigenvalue weighted by Crippen LogP contribution is -2.16. The number of rotatable bonds is 8. The number of hydrogen-bond donors (Lipinski definition) is 3. The van der Waals surface area contributed by atoms with Crippen molar-refractivity contribution >= 4 is 23.5 Å². The molecule has 1 heterocycles. The summed E-state index contributed by atoms with van der Waals surface area (Å²) in [6.45, 7) is 2.10. The molecule has 138 valence electrons. The highest BCUT2D eigenvalue weighted by atomic mass is 16.5. The summed E-state index contributed by atoms with van der Waals surface area (Å²) in [5.41, 5.74) is 1.39. The lowest BCUT2D eigenvalue weighted by atomic mass is 10.2. The van der Waals surface area contributed by atoms with E-state index in [2.05, 4.69) is 15.6 Å². The predicted octanol–water partition coefficient (Wildman–Crippen LogP) is 2.54. The number of anilines is 2. The molecule has 0 aliphatic rings. The van der Waals surface area contributed by atoms with Gasteiger partial charge < -0.3 is 25.2 Å². The minimum Gasteiger partial charge on any atom is -0.493 e. The quantitative estimate of drug-likeness (QED) is 0.629. The predicted molar refractivity (Wildman–Crippen MR) is 102 cm³/mol. The number of aliphatic hydroxyl groups excluding tert-OH is 1. The molecule has 7 nitrogen and oxygen atoms in total. The van der Waals surface area contributed by atoms with Gasteiger partial charge in [0.2, 0.25) is 5.91 Å². The van der Waals surface area contributed by atoms with E-state index < -0.39 is 6.10 Å². The molecule has 0 aliphatic heterocycles. The summed E-state index contributed by atoms with van der Waals surface area (Å²) in [4.78, 5) is 16.2. The van der Waals surface area contributed by atoms with Crippen LogP contribution in [0, 0.1) is 0 Å². The maximum atomic E-state index is 12.0. The number of nitrogens with zero attached hydrogens (tertiary/aromatic N) is 1. The average molecular weight is 357 g/mol. The van der Waals surface area contributed by atoms with E-state index in [0.29, 0.717) is 29.5 Å². The van der Waals surface area contributed by atoms with Gasteiger partial charge in [-0.15, -0.1) is 0 Å². The van der Waals surface area contributed by atoms with Crippen LogP contribution in [-0.2, 0) is 4.79 Å². The fourth-order valence-electron chi connectivity index (χ4n) is 2.14. The largest absolute Gasteiger partial charge is 0.493 e. The molecule has 1 aromatic carbocycles. The van der Waals surface area contributed by atoms with Crippen LogP contribution in [-0.4, -0.2) is 42.9 Å². The third kappa shape index (κ3) is 5.78. The zero-order valence-electron chi connectivity index (χ0n) is 15.0. The highest BCUT2D eigenvalue weighted by Crippen LogP contribution is 2.27. The summed E-state index contributed by atoms with van der Waals surface area (Å²) in [6.07, 6.45) is 4.20. The molecule has 0 aliphatic carbocycles. The van der Waals surface area contributed by atoms with Gasteiger partial charge in [-0.25, -0.2) is 4.98 Å². The second-order valence-electron chi connectivity index (χ2n) is 5.60. The Hall–Kier alpha value is -3.06. The van der Waals surface area contributed by atoms with Crippen LogP contribution in [0.3, 0.4) is 0 Å². The maximum absolute atomic E-state index is 12.0. The minimum atomic E-state index is -0.460. The average Bonchev–Trinajstić information content (AvgIpc) is 2.65.